The van der Waals surface area contributed by atoms with E-state index in [1.807, 2.05) is 0 Å². The van der Waals surface area contributed by atoms with Gasteiger partial charge in [-0.3, -0.25) is 9.89 Å². The average molecular weight is 234 g/mol. The van der Waals surface area contributed by atoms with E-state index in [9.17, 15) is 9.18 Å². The highest BCUT2D eigenvalue weighted by Gasteiger charge is 2.09. The van der Waals surface area contributed by atoms with Crippen LogP contribution in [0.5, 0.6) is 0 Å². The van der Waals surface area contributed by atoms with Gasteiger partial charge in [-0.25, -0.2) is 4.39 Å². The molecule has 2 aromatic rings. The molecule has 5 heteroatoms. The summed E-state index contributed by atoms with van der Waals surface area (Å²) in [4.78, 5) is 10.5. The minimum absolute atomic E-state index is 0.0184. The molecule has 0 spiro atoms. The van der Waals surface area contributed by atoms with Gasteiger partial charge in [-0.05, 0) is 17.7 Å². The summed E-state index contributed by atoms with van der Waals surface area (Å²) in [7, 11) is 0. The molecule has 0 amide bonds. The fourth-order valence-corrected chi connectivity index (χ4v) is 1.64. The number of nitrogens with one attached hydrogen (secondary N) is 1. The molecule has 1 aromatic carbocycles. The lowest BCUT2D eigenvalue weighted by atomic mass is 10.0. The Morgan fingerprint density at radius 3 is 3.00 bits per heavy atom. The third-order valence-corrected chi connectivity index (χ3v) is 2.44. The van der Waals surface area contributed by atoms with Gasteiger partial charge in [-0.2, -0.15) is 5.10 Å². The van der Waals surface area contributed by atoms with Crippen molar-refractivity contribution in [3.05, 3.63) is 42.0 Å². The van der Waals surface area contributed by atoms with E-state index in [2.05, 4.69) is 10.2 Å². The number of hydrogen-bond acceptors (Lipinski definition) is 2. The molecule has 2 rings (SSSR count). The molecule has 88 valence electrons. The first kappa shape index (κ1) is 11.3. The molecule has 0 aliphatic heterocycles. The van der Waals surface area contributed by atoms with E-state index in [0.29, 0.717) is 17.7 Å². The van der Waals surface area contributed by atoms with Crippen LogP contribution in [-0.2, 0) is 11.2 Å². The summed E-state index contributed by atoms with van der Waals surface area (Å²) < 4.78 is 13.1. The van der Waals surface area contributed by atoms with Crippen molar-refractivity contribution < 1.29 is 14.3 Å². The standard InChI is InChI=1S/C12H11FN2O2/c13-9-3-1-2-8(6-9)10-7-14-15-11(10)4-5-12(16)17/h1-3,6-7H,4-5H2,(H,14,15)(H,16,17). The van der Waals surface area contributed by atoms with Crippen LogP contribution in [0.15, 0.2) is 30.5 Å². The lowest BCUT2D eigenvalue weighted by Gasteiger charge is -2.02. The highest BCUT2D eigenvalue weighted by Crippen LogP contribution is 2.23. The van der Waals surface area contributed by atoms with Crippen LogP contribution in [0.3, 0.4) is 0 Å². The van der Waals surface area contributed by atoms with Crippen LogP contribution >= 0.6 is 0 Å². The number of hydrogen-bond donors (Lipinski definition) is 2. The Kier molecular flexibility index (Phi) is 3.18. The van der Waals surface area contributed by atoms with Crippen LogP contribution in [0.1, 0.15) is 12.1 Å². The second kappa shape index (κ2) is 4.78. The Labute approximate surface area is 97.1 Å². The molecule has 0 atom stereocenters. The summed E-state index contributed by atoms with van der Waals surface area (Å²) in [5.74, 6) is -1.20. The molecule has 0 fully saturated rings. The van der Waals surface area contributed by atoms with Crippen molar-refractivity contribution in [2.24, 2.45) is 0 Å². The Morgan fingerprint density at radius 2 is 2.29 bits per heavy atom. The summed E-state index contributed by atoms with van der Waals surface area (Å²) in [5, 5.41) is 15.2. The maximum absolute atomic E-state index is 13.1. The highest BCUT2D eigenvalue weighted by atomic mass is 19.1. The molecule has 0 bridgehead atoms. The van der Waals surface area contributed by atoms with Gasteiger partial charge in [0.2, 0.25) is 0 Å². The average Bonchev–Trinajstić information content (AvgIpc) is 2.74. The zero-order valence-electron chi connectivity index (χ0n) is 8.98. The first-order valence-electron chi connectivity index (χ1n) is 5.17. The fraction of sp³-hybridized carbons (Fsp3) is 0.167. The molecule has 1 heterocycles. The zero-order chi connectivity index (χ0) is 12.3. The Morgan fingerprint density at radius 1 is 1.47 bits per heavy atom. The number of benzene rings is 1. The first-order valence-corrected chi connectivity index (χ1v) is 5.17. The smallest absolute Gasteiger partial charge is 0.303 e. The summed E-state index contributed by atoms with van der Waals surface area (Å²) in [6.07, 6.45) is 1.94. The topological polar surface area (TPSA) is 66.0 Å². The van der Waals surface area contributed by atoms with Crippen LogP contribution in [0.4, 0.5) is 4.39 Å². The number of carboxylic acid groups (broad SMARTS) is 1. The van der Waals surface area contributed by atoms with Crippen molar-refractivity contribution in [2.75, 3.05) is 0 Å². The van der Waals surface area contributed by atoms with Crippen LogP contribution in [-0.4, -0.2) is 21.3 Å². The van der Waals surface area contributed by atoms with Gasteiger partial charge in [0.25, 0.3) is 0 Å². The predicted octanol–water partition coefficient (Wildman–Crippen LogP) is 2.23. The number of aliphatic carboxylic acids is 1. The largest absolute Gasteiger partial charge is 0.481 e. The summed E-state index contributed by atoms with van der Waals surface area (Å²) in [6, 6.07) is 6.13. The van der Waals surface area contributed by atoms with Crippen molar-refractivity contribution in [2.45, 2.75) is 12.8 Å². The van der Waals surface area contributed by atoms with E-state index < -0.39 is 5.97 Å². The second-order valence-electron chi connectivity index (χ2n) is 3.67. The first-order chi connectivity index (χ1) is 8.16. The van der Waals surface area contributed by atoms with Crippen molar-refractivity contribution in [1.82, 2.24) is 10.2 Å². The molecule has 0 saturated heterocycles. The van der Waals surface area contributed by atoms with Gasteiger partial charge in [0.1, 0.15) is 5.82 Å². The Balaban J connectivity index is 2.27. The molecule has 0 saturated carbocycles. The summed E-state index contributed by atoms with van der Waals surface area (Å²) >= 11 is 0. The quantitative estimate of drug-likeness (QED) is 0.852. The molecular formula is C12H11FN2O2. The molecule has 4 nitrogen and oxygen atoms in total. The van der Waals surface area contributed by atoms with Crippen LogP contribution in [0, 0.1) is 5.82 Å². The van der Waals surface area contributed by atoms with E-state index in [-0.39, 0.29) is 12.2 Å². The van der Waals surface area contributed by atoms with E-state index >= 15 is 0 Å². The number of rotatable bonds is 4. The minimum atomic E-state index is -0.871. The molecule has 0 aliphatic carbocycles. The molecule has 2 N–H and O–H groups in total. The number of carboxylic acids is 1. The van der Waals surface area contributed by atoms with Crippen LogP contribution < -0.4 is 0 Å². The number of H-pyrrole nitrogens is 1. The third-order valence-electron chi connectivity index (χ3n) is 2.44. The predicted molar refractivity (Wildman–Crippen MR) is 59.9 cm³/mol. The minimum Gasteiger partial charge on any atom is -0.481 e. The second-order valence-corrected chi connectivity index (χ2v) is 3.67. The number of halogens is 1. The molecule has 0 radical (unpaired) electrons. The van der Waals surface area contributed by atoms with Crippen LogP contribution in [0.2, 0.25) is 0 Å². The molecular weight excluding hydrogens is 223 g/mol. The molecule has 0 aliphatic rings. The summed E-state index contributed by atoms with van der Waals surface area (Å²) in [5.41, 5.74) is 2.14. The zero-order valence-corrected chi connectivity index (χ0v) is 8.98. The normalized spacial score (nSPS) is 10.4. The number of aryl methyl sites for hydroxylation is 1. The van der Waals surface area contributed by atoms with E-state index in [4.69, 9.17) is 5.11 Å². The monoisotopic (exact) mass is 234 g/mol. The lowest BCUT2D eigenvalue weighted by Crippen LogP contribution is -1.98. The van der Waals surface area contributed by atoms with Crippen LogP contribution in [0.25, 0.3) is 11.1 Å². The molecule has 1 aromatic heterocycles. The fourth-order valence-electron chi connectivity index (χ4n) is 1.64. The van der Waals surface area contributed by atoms with Gasteiger partial charge in [0, 0.05) is 17.7 Å². The van der Waals surface area contributed by atoms with Crippen molar-refractivity contribution in [3.8, 4) is 11.1 Å². The van der Waals surface area contributed by atoms with Crippen molar-refractivity contribution in [1.29, 1.82) is 0 Å². The third kappa shape index (κ3) is 2.69. The van der Waals surface area contributed by atoms with Crippen molar-refractivity contribution in [3.63, 3.8) is 0 Å². The molecule has 0 unspecified atom stereocenters. The maximum atomic E-state index is 13.1. The molecule has 17 heavy (non-hydrogen) atoms. The van der Waals surface area contributed by atoms with Gasteiger partial charge in [-0.1, -0.05) is 12.1 Å². The summed E-state index contributed by atoms with van der Waals surface area (Å²) in [6.45, 7) is 0. The van der Waals surface area contributed by atoms with E-state index in [0.717, 1.165) is 5.56 Å². The lowest BCUT2D eigenvalue weighted by molar-refractivity contribution is -0.136. The number of nitrogens with zero attached hydrogens (tertiary/aromatic N) is 1. The number of aromatic nitrogens is 2. The van der Waals surface area contributed by atoms with Gasteiger partial charge in [-0.15, -0.1) is 0 Å². The van der Waals surface area contributed by atoms with E-state index in [1.54, 1.807) is 18.3 Å². The van der Waals surface area contributed by atoms with Gasteiger partial charge in [0.15, 0.2) is 0 Å². The Hall–Kier alpha value is -2.17. The van der Waals surface area contributed by atoms with Gasteiger partial charge < -0.3 is 5.11 Å². The highest BCUT2D eigenvalue weighted by molar-refractivity contribution is 5.69. The number of aromatic amines is 1. The maximum Gasteiger partial charge on any atom is 0.303 e. The van der Waals surface area contributed by atoms with Gasteiger partial charge in [0.05, 0.1) is 12.6 Å². The van der Waals surface area contributed by atoms with Gasteiger partial charge >= 0.3 is 5.97 Å². The van der Waals surface area contributed by atoms with E-state index in [1.165, 1.54) is 12.1 Å². The van der Waals surface area contributed by atoms with Crippen molar-refractivity contribution >= 4 is 5.97 Å². The Bertz CT molecular complexity index is 537. The SMILES string of the molecule is O=C(O)CCc1[nH]ncc1-c1cccc(F)c1. The number of carbonyl (C=O) groups is 1.